The summed E-state index contributed by atoms with van der Waals surface area (Å²) in [6.45, 7) is 0.0824. The molecule has 1 radical (unpaired) electrons. The molecule has 0 aliphatic carbocycles. The molecule has 0 atom stereocenters. The van der Waals surface area contributed by atoms with E-state index in [2.05, 4.69) is 16.4 Å². The van der Waals surface area contributed by atoms with E-state index >= 15 is 0 Å². The summed E-state index contributed by atoms with van der Waals surface area (Å²) < 4.78 is 1.79. The van der Waals surface area contributed by atoms with Crippen LogP contribution in [0.15, 0.2) is 64.6 Å². The first-order valence-corrected chi connectivity index (χ1v) is 9.04. The van der Waals surface area contributed by atoms with Crippen molar-refractivity contribution in [3.8, 4) is 0 Å². The average molecular weight is 375 g/mol. The van der Waals surface area contributed by atoms with Gasteiger partial charge in [-0.3, -0.25) is 9.59 Å². The Hall–Kier alpha value is -3.32. The Bertz CT molecular complexity index is 1100. The third kappa shape index (κ3) is 3.63. The summed E-state index contributed by atoms with van der Waals surface area (Å²) in [5.74, 6) is -0.715. The van der Waals surface area contributed by atoms with Crippen molar-refractivity contribution < 1.29 is 9.59 Å². The highest BCUT2D eigenvalue weighted by molar-refractivity contribution is 8.18. The molecule has 6 nitrogen and oxygen atoms in total. The van der Waals surface area contributed by atoms with Gasteiger partial charge in [0.15, 0.2) is 5.17 Å². The molecule has 7 heteroatoms. The molecule has 1 aliphatic rings. The number of carbonyl (C=O) groups is 2. The molecule has 3 aromatic rings. The van der Waals surface area contributed by atoms with E-state index in [-0.39, 0.29) is 12.5 Å². The number of aliphatic imine (C=N–C) groups is 1. The normalized spacial score (nSPS) is 15.3. The van der Waals surface area contributed by atoms with Crippen LogP contribution in [0.5, 0.6) is 0 Å². The maximum Gasteiger partial charge on any atom is 0.286 e. The molecule has 0 fully saturated rings. The van der Waals surface area contributed by atoms with Crippen LogP contribution in [0.4, 0.5) is 5.69 Å². The number of nitrogens with two attached hydrogens (primary N) is 1. The average Bonchev–Trinajstić information content (AvgIpc) is 3.16. The molecule has 4 rings (SSSR count). The van der Waals surface area contributed by atoms with Crippen molar-refractivity contribution in [2.45, 2.75) is 6.54 Å². The van der Waals surface area contributed by atoms with E-state index in [9.17, 15) is 9.59 Å². The molecule has 27 heavy (non-hydrogen) atoms. The highest BCUT2D eigenvalue weighted by Crippen LogP contribution is 2.31. The van der Waals surface area contributed by atoms with E-state index in [1.807, 2.05) is 42.6 Å². The quantitative estimate of drug-likeness (QED) is 0.686. The molecule has 0 unspecified atom stereocenters. The van der Waals surface area contributed by atoms with Crippen LogP contribution in [0.25, 0.3) is 17.0 Å². The van der Waals surface area contributed by atoms with Crippen LogP contribution in [0, 0.1) is 6.07 Å². The standard InChI is InChI=1S/C20H15N4O2S/c21-18(25)12-24-11-13(15-8-4-5-9-16(15)24)10-17-19(26)23-20(27-17)22-14-6-2-1-3-7-14/h2-11H,12H2,(H2,21,25)(H,22,23,26)/b17-10+. The number of rotatable bonds is 4. The number of aromatic nitrogens is 1. The number of para-hydroxylation sites is 1. The summed E-state index contributed by atoms with van der Waals surface area (Å²) in [5.41, 5.74) is 7.91. The van der Waals surface area contributed by atoms with Gasteiger partial charge >= 0.3 is 0 Å². The van der Waals surface area contributed by atoms with Crippen molar-refractivity contribution in [2.24, 2.45) is 10.7 Å². The summed E-state index contributed by atoms with van der Waals surface area (Å²) in [6.07, 6.45) is 3.62. The molecule has 2 amide bonds. The number of amidine groups is 1. The van der Waals surface area contributed by atoms with Gasteiger partial charge in [-0.15, -0.1) is 0 Å². The monoisotopic (exact) mass is 375 g/mol. The van der Waals surface area contributed by atoms with Gasteiger partial charge in [-0.05, 0) is 42.1 Å². The van der Waals surface area contributed by atoms with Crippen molar-refractivity contribution in [3.63, 3.8) is 0 Å². The minimum atomic E-state index is -0.420. The molecule has 1 aliphatic heterocycles. The maximum atomic E-state index is 12.3. The summed E-state index contributed by atoms with van der Waals surface area (Å²) in [6, 6.07) is 17.9. The van der Waals surface area contributed by atoms with Gasteiger partial charge in [0.25, 0.3) is 5.91 Å². The van der Waals surface area contributed by atoms with Crippen molar-refractivity contribution in [1.82, 2.24) is 4.57 Å². The van der Waals surface area contributed by atoms with E-state index < -0.39 is 5.91 Å². The Balaban J connectivity index is 1.63. The third-order valence-electron chi connectivity index (χ3n) is 4.02. The molecule has 0 bridgehead atoms. The Kier molecular flexibility index (Phi) is 4.52. The predicted molar refractivity (Wildman–Crippen MR) is 108 cm³/mol. The Morgan fingerprint density at radius 2 is 2.04 bits per heavy atom. The van der Waals surface area contributed by atoms with Crippen LogP contribution < -0.4 is 11.1 Å². The number of nitrogens with zero attached hydrogens (tertiary/aromatic N) is 2. The molecule has 2 aromatic carbocycles. The van der Waals surface area contributed by atoms with Gasteiger partial charge in [0.2, 0.25) is 5.91 Å². The number of hydrogen-bond acceptors (Lipinski definition) is 4. The number of benzene rings is 2. The van der Waals surface area contributed by atoms with Crippen LogP contribution in [-0.4, -0.2) is 21.5 Å². The highest BCUT2D eigenvalue weighted by atomic mass is 32.2. The molecule has 0 spiro atoms. The summed E-state index contributed by atoms with van der Waals surface area (Å²) in [4.78, 5) is 28.2. The van der Waals surface area contributed by atoms with E-state index in [4.69, 9.17) is 5.73 Å². The molecule has 0 saturated heterocycles. The summed E-state index contributed by atoms with van der Waals surface area (Å²) in [5, 5.41) is 4.59. The van der Waals surface area contributed by atoms with Gasteiger partial charge in [0.05, 0.1) is 4.91 Å². The molecule has 133 valence electrons. The van der Waals surface area contributed by atoms with Crippen LogP contribution >= 0.6 is 11.8 Å². The second kappa shape index (κ2) is 7.13. The minimum Gasteiger partial charge on any atom is -0.368 e. The largest absolute Gasteiger partial charge is 0.368 e. The third-order valence-corrected chi connectivity index (χ3v) is 4.92. The first kappa shape index (κ1) is 17.1. The Morgan fingerprint density at radius 1 is 1.26 bits per heavy atom. The van der Waals surface area contributed by atoms with Crippen molar-refractivity contribution >= 4 is 51.4 Å². The van der Waals surface area contributed by atoms with Crippen molar-refractivity contribution in [2.75, 3.05) is 5.32 Å². The second-order valence-electron chi connectivity index (χ2n) is 5.94. The lowest BCUT2D eigenvalue weighted by Crippen LogP contribution is -2.17. The van der Waals surface area contributed by atoms with Gasteiger partial charge in [-0.1, -0.05) is 30.3 Å². The predicted octanol–water partition coefficient (Wildman–Crippen LogP) is 3.01. The maximum absolute atomic E-state index is 12.3. The summed E-state index contributed by atoms with van der Waals surface area (Å²) >= 11 is 1.28. The SMILES string of the molecule is NC(=O)Cn1cc(/C=C2/SC(Nc3cc[c]cc3)=NC2=O)c2ccccc21. The minimum absolute atomic E-state index is 0.0824. The van der Waals surface area contributed by atoms with Gasteiger partial charge in [0.1, 0.15) is 6.54 Å². The fraction of sp³-hybridized carbons (Fsp3) is 0.0500. The van der Waals surface area contributed by atoms with Crippen LogP contribution in [0.1, 0.15) is 5.56 Å². The molecule has 1 aromatic heterocycles. The fourth-order valence-electron chi connectivity index (χ4n) is 2.89. The van der Waals surface area contributed by atoms with Crippen LogP contribution in [0.2, 0.25) is 0 Å². The Morgan fingerprint density at radius 3 is 2.81 bits per heavy atom. The molecule has 0 saturated carbocycles. The number of primary amides is 1. The smallest absolute Gasteiger partial charge is 0.286 e. The number of carbonyl (C=O) groups excluding carboxylic acids is 2. The fourth-order valence-corrected chi connectivity index (χ4v) is 3.71. The van der Waals surface area contributed by atoms with Crippen molar-refractivity contribution in [3.05, 3.63) is 71.3 Å². The lowest BCUT2D eigenvalue weighted by Gasteiger charge is -2.03. The van der Waals surface area contributed by atoms with Gasteiger partial charge in [0, 0.05) is 28.4 Å². The van der Waals surface area contributed by atoms with E-state index in [1.54, 1.807) is 22.8 Å². The Labute approximate surface area is 159 Å². The molecular weight excluding hydrogens is 360 g/mol. The zero-order chi connectivity index (χ0) is 18.8. The zero-order valence-corrected chi connectivity index (χ0v) is 15.0. The number of anilines is 1. The number of fused-ring (bicyclic) bond motifs is 1. The number of amides is 2. The molecular formula is C20H15N4O2S. The number of nitrogens with one attached hydrogen (secondary N) is 1. The zero-order valence-electron chi connectivity index (χ0n) is 14.2. The second-order valence-corrected chi connectivity index (χ2v) is 6.97. The van der Waals surface area contributed by atoms with E-state index in [0.29, 0.717) is 10.1 Å². The van der Waals surface area contributed by atoms with E-state index in [0.717, 1.165) is 22.2 Å². The number of hydrogen-bond donors (Lipinski definition) is 2. The first-order chi connectivity index (χ1) is 13.1. The lowest BCUT2D eigenvalue weighted by atomic mass is 10.1. The molecule has 3 N–H and O–H groups in total. The van der Waals surface area contributed by atoms with Crippen molar-refractivity contribution in [1.29, 1.82) is 0 Å². The van der Waals surface area contributed by atoms with Gasteiger partial charge in [-0.2, -0.15) is 4.99 Å². The van der Waals surface area contributed by atoms with Crippen LogP contribution in [0.3, 0.4) is 0 Å². The van der Waals surface area contributed by atoms with Gasteiger partial charge < -0.3 is 15.6 Å². The summed E-state index contributed by atoms with van der Waals surface area (Å²) in [7, 11) is 0. The molecule has 2 heterocycles. The highest BCUT2D eigenvalue weighted by Gasteiger charge is 2.22. The lowest BCUT2D eigenvalue weighted by molar-refractivity contribution is -0.118. The van der Waals surface area contributed by atoms with Gasteiger partial charge in [-0.25, -0.2) is 0 Å². The first-order valence-electron chi connectivity index (χ1n) is 8.22. The topological polar surface area (TPSA) is 89.5 Å². The number of thioether (sulfide) groups is 1. The van der Waals surface area contributed by atoms with Crippen LogP contribution in [-0.2, 0) is 16.1 Å². The van der Waals surface area contributed by atoms with E-state index in [1.165, 1.54) is 11.8 Å².